The van der Waals surface area contributed by atoms with Gasteiger partial charge in [-0.1, -0.05) is 32.8 Å². The van der Waals surface area contributed by atoms with Crippen LogP contribution >= 0.6 is 0 Å². The summed E-state index contributed by atoms with van der Waals surface area (Å²) in [5, 5.41) is 0. The van der Waals surface area contributed by atoms with Crippen molar-refractivity contribution in [2.24, 2.45) is 5.92 Å². The largest absolute Gasteiger partial charge is 0.205 e. The van der Waals surface area contributed by atoms with Gasteiger partial charge in [-0.05, 0) is 12.3 Å². The number of aromatic nitrogens is 1. The van der Waals surface area contributed by atoms with E-state index in [4.69, 9.17) is 0 Å². The van der Waals surface area contributed by atoms with E-state index in [2.05, 4.69) is 49.0 Å². The molecule has 1 rings (SSSR count). The lowest BCUT2D eigenvalue weighted by Gasteiger charge is -2.09. The SMILES string of the molecule is CCC(CC)CCC[n+]1ccccc1. The van der Waals surface area contributed by atoms with Gasteiger partial charge < -0.3 is 0 Å². The van der Waals surface area contributed by atoms with Gasteiger partial charge in [-0.15, -0.1) is 0 Å². The van der Waals surface area contributed by atoms with Crippen LogP contribution in [0.25, 0.3) is 0 Å². The third-order valence-corrected chi connectivity index (χ3v) is 2.96. The maximum Gasteiger partial charge on any atom is 0.168 e. The molecular formula is C13H22N+. The van der Waals surface area contributed by atoms with Crippen molar-refractivity contribution in [1.29, 1.82) is 0 Å². The molecular weight excluding hydrogens is 170 g/mol. The van der Waals surface area contributed by atoms with E-state index in [1.54, 1.807) is 0 Å². The lowest BCUT2D eigenvalue weighted by molar-refractivity contribution is -0.697. The lowest BCUT2D eigenvalue weighted by atomic mass is 9.98. The van der Waals surface area contributed by atoms with Crippen LogP contribution in [0.5, 0.6) is 0 Å². The maximum atomic E-state index is 2.30. The van der Waals surface area contributed by atoms with Crippen molar-refractivity contribution in [2.45, 2.75) is 46.1 Å². The van der Waals surface area contributed by atoms with Gasteiger partial charge >= 0.3 is 0 Å². The highest BCUT2D eigenvalue weighted by Gasteiger charge is 2.04. The molecule has 0 aliphatic rings. The molecule has 0 aromatic carbocycles. The molecule has 1 nitrogen and oxygen atoms in total. The fraction of sp³-hybridized carbons (Fsp3) is 0.615. The number of hydrogen-bond donors (Lipinski definition) is 0. The Labute approximate surface area is 87.8 Å². The summed E-state index contributed by atoms with van der Waals surface area (Å²) in [5.41, 5.74) is 0. The molecule has 78 valence electrons. The van der Waals surface area contributed by atoms with Gasteiger partial charge in [-0.2, -0.15) is 0 Å². The zero-order valence-electron chi connectivity index (χ0n) is 9.45. The van der Waals surface area contributed by atoms with Crippen LogP contribution in [-0.4, -0.2) is 0 Å². The van der Waals surface area contributed by atoms with E-state index in [1.807, 2.05) is 0 Å². The molecule has 0 atom stereocenters. The van der Waals surface area contributed by atoms with Crippen LogP contribution in [0.3, 0.4) is 0 Å². The third-order valence-electron chi connectivity index (χ3n) is 2.96. The molecule has 1 heterocycles. The Kier molecular flexibility index (Phi) is 5.28. The van der Waals surface area contributed by atoms with Crippen molar-refractivity contribution < 1.29 is 4.57 Å². The number of hydrogen-bond acceptors (Lipinski definition) is 0. The molecule has 0 unspecified atom stereocenters. The van der Waals surface area contributed by atoms with Crippen LogP contribution in [0.15, 0.2) is 30.6 Å². The molecule has 14 heavy (non-hydrogen) atoms. The first kappa shape index (κ1) is 11.2. The molecule has 0 amide bonds. The average molecular weight is 192 g/mol. The summed E-state index contributed by atoms with van der Waals surface area (Å²) >= 11 is 0. The molecule has 0 spiro atoms. The Morgan fingerprint density at radius 2 is 1.64 bits per heavy atom. The van der Waals surface area contributed by atoms with E-state index in [9.17, 15) is 0 Å². The van der Waals surface area contributed by atoms with Gasteiger partial charge in [0.25, 0.3) is 0 Å². The van der Waals surface area contributed by atoms with E-state index in [1.165, 1.54) is 25.7 Å². The second kappa shape index (κ2) is 6.58. The van der Waals surface area contributed by atoms with Gasteiger partial charge in [0.2, 0.25) is 0 Å². The molecule has 0 fully saturated rings. The van der Waals surface area contributed by atoms with E-state index in [-0.39, 0.29) is 0 Å². The molecule has 0 saturated carbocycles. The first-order chi connectivity index (χ1) is 6.86. The second-order valence-electron chi connectivity index (χ2n) is 3.94. The van der Waals surface area contributed by atoms with E-state index < -0.39 is 0 Å². The standard InChI is InChI=1S/C13H22N/c1-3-13(4-2)9-8-12-14-10-6-5-7-11-14/h5-7,10-11,13H,3-4,8-9,12H2,1-2H3/q+1. The van der Waals surface area contributed by atoms with Gasteiger partial charge in [0.05, 0.1) is 0 Å². The number of nitrogens with zero attached hydrogens (tertiary/aromatic N) is 1. The minimum atomic E-state index is 0.930. The van der Waals surface area contributed by atoms with Crippen LogP contribution in [0.4, 0.5) is 0 Å². The van der Waals surface area contributed by atoms with E-state index >= 15 is 0 Å². The summed E-state index contributed by atoms with van der Waals surface area (Å²) in [7, 11) is 0. The van der Waals surface area contributed by atoms with Crippen LogP contribution in [-0.2, 0) is 6.54 Å². The fourth-order valence-corrected chi connectivity index (χ4v) is 1.84. The predicted octanol–water partition coefficient (Wildman–Crippen LogP) is 3.19. The Morgan fingerprint density at radius 3 is 2.21 bits per heavy atom. The summed E-state index contributed by atoms with van der Waals surface area (Å²) in [6.45, 7) is 5.75. The van der Waals surface area contributed by atoms with Crippen molar-refractivity contribution in [3.63, 3.8) is 0 Å². The molecule has 1 heteroatoms. The van der Waals surface area contributed by atoms with Gasteiger partial charge in [-0.3, -0.25) is 0 Å². The minimum Gasteiger partial charge on any atom is -0.205 e. The zero-order valence-corrected chi connectivity index (χ0v) is 9.45. The molecule has 0 bridgehead atoms. The van der Waals surface area contributed by atoms with Crippen molar-refractivity contribution in [2.75, 3.05) is 0 Å². The highest BCUT2D eigenvalue weighted by Crippen LogP contribution is 2.14. The highest BCUT2D eigenvalue weighted by atomic mass is 14.9. The highest BCUT2D eigenvalue weighted by molar-refractivity contribution is 4.83. The van der Waals surface area contributed by atoms with Gasteiger partial charge in [0.1, 0.15) is 6.54 Å². The summed E-state index contributed by atoms with van der Waals surface area (Å²) in [5.74, 6) is 0.930. The Morgan fingerprint density at radius 1 is 1.00 bits per heavy atom. The lowest BCUT2D eigenvalue weighted by Crippen LogP contribution is -2.32. The monoisotopic (exact) mass is 192 g/mol. The Hall–Kier alpha value is -0.850. The molecule has 1 aromatic rings. The normalized spacial score (nSPS) is 10.8. The number of rotatable bonds is 6. The first-order valence-corrected chi connectivity index (χ1v) is 5.80. The van der Waals surface area contributed by atoms with Gasteiger partial charge in [-0.25, -0.2) is 4.57 Å². The van der Waals surface area contributed by atoms with Crippen LogP contribution in [0.1, 0.15) is 39.5 Å². The topological polar surface area (TPSA) is 3.88 Å². The summed E-state index contributed by atoms with van der Waals surface area (Å²) in [4.78, 5) is 0. The van der Waals surface area contributed by atoms with Crippen LogP contribution < -0.4 is 4.57 Å². The van der Waals surface area contributed by atoms with Crippen molar-refractivity contribution >= 4 is 0 Å². The Balaban J connectivity index is 2.21. The maximum absolute atomic E-state index is 2.30. The van der Waals surface area contributed by atoms with Crippen LogP contribution in [0, 0.1) is 5.92 Å². The van der Waals surface area contributed by atoms with Gasteiger partial charge in [0.15, 0.2) is 12.4 Å². The van der Waals surface area contributed by atoms with Crippen molar-refractivity contribution in [3.05, 3.63) is 30.6 Å². The summed E-state index contributed by atoms with van der Waals surface area (Å²) < 4.78 is 2.27. The zero-order chi connectivity index (χ0) is 10.2. The van der Waals surface area contributed by atoms with Crippen molar-refractivity contribution in [1.82, 2.24) is 0 Å². The number of aryl methyl sites for hydroxylation is 1. The summed E-state index contributed by atoms with van der Waals surface area (Å²) in [6.07, 6.45) is 9.63. The smallest absolute Gasteiger partial charge is 0.168 e. The summed E-state index contributed by atoms with van der Waals surface area (Å²) in [6, 6.07) is 6.26. The average Bonchev–Trinajstić information content (AvgIpc) is 2.26. The van der Waals surface area contributed by atoms with Crippen molar-refractivity contribution in [3.8, 4) is 0 Å². The quantitative estimate of drug-likeness (QED) is 0.609. The number of pyridine rings is 1. The molecule has 0 aliphatic carbocycles. The third kappa shape index (κ3) is 3.91. The molecule has 1 aromatic heterocycles. The van der Waals surface area contributed by atoms with Gasteiger partial charge in [0, 0.05) is 18.6 Å². The second-order valence-corrected chi connectivity index (χ2v) is 3.94. The molecule has 0 radical (unpaired) electrons. The molecule has 0 saturated heterocycles. The van der Waals surface area contributed by atoms with Crippen LogP contribution in [0.2, 0.25) is 0 Å². The van der Waals surface area contributed by atoms with E-state index in [0.29, 0.717) is 0 Å². The predicted molar refractivity (Wildman–Crippen MR) is 59.9 cm³/mol. The fourth-order valence-electron chi connectivity index (χ4n) is 1.84. The Bertz CT molecular complexity index is 226. The molecule has 0 N–H and O–H groups in total. The van der Waals surface area contributed by atoms with E-state index in [0.717, 1.165) is 12.5 Å². The first-order valence-electron chi connectivity index (χ1n) is 5.80. The minimum absolute atomic E-state index is 0.930. The molecule has 0 aliphatic heterocycles.